The van der Waals surface area contributed by atoms with Crippen LogP contribution in [0.25, 0.3) is 0 Å². The van der Waals surface area contributed by atoms with Gasteiger partial charge in [0.15, 0.2) is 0 Å². The van der Waals surface area contributed by atoms with Crippen molar-refractivity contribution in [3.8, 4) is 5.88 Å². The van der Waals surface area contributed by atoms with E-state index in [4.69, 9.17) is 9.47 Å². The zero-order valence-corrected chi connectivity index (χ0v) is 15.8. The normalized spacial score (nSPS) is 29.0. The summed E-state index contributed by atoms with van der Waals surface area (Å²) in [5.41, 5.74) is 0.993. The molecule has 0 unspecified atom stereocenters. The summed E-state index contributed by atoms with van der Waals surface area (Å²) >= 11 is 0. The zero-order valence-electron chi connectivity index (χ0n) is 15.8. The summed E-state index contributed by atoms with van der Waals surface area (Å²) in [6.45, 7) is 4.53. The number of hydrogen-bond donors (Lipinski definition) is 0. The maximum atomic E-state index is 12.9. The average Bonchev–Trinajstić information content (AvgIpc) is 3.08. The van der Waals surface area contributed by atoms with Crippen molar-refractivity contribution in [2.45, 2.75) is 70.5 Å². The first-order valence-electron chi connectivity index (χ1n) is 10.2. The maximum Gasteiger partial charge on any atom is 0.254 e. The van der Waals surface area contributed by atoms with E-state index in [-0.39, 0.29) is 12.0 Å². The minimum Gasteiger partial charge on any atom is -0.474 e. The highest BCUT2D eigenvalue weighted by atomic mass is 16.5. The van der Waals surface area contributed by atoms with Gasteiger partial charge >= 0.3 is 0 Å². The van der Waals surface area contributed by atoms with Crippen molar-refractivity contribution in [1.29, 1.82) is 0 Å². The molecule has 4 rings (SSSR count). The molecule has 1 saturated heterocycles. The maximum absolute atomic E-state index is 12.9. The van der Waals surface area contributed by atoms with Crippen LogP contribution in [0.4, 0.5) is 0 Å². The van der Waals surface area contributed by atoms with Crippen molar-refractivity contribution in [3.63, 3.8) is 0 Å². The minimum absolute atomic E-state index is 0.109. The highest BCUT2D eigenvalue weighted by molar-refractivity contribution is 5.94. The van der Waals surface area contributed by atoms with Crippen LogP contribution in [0.5, 0.6) is 5.88 Å². The van der Waals surface area contributed by atoms with Gasteiger partial charge in [0.2, 0.25) is 5.88 Å². The number of ether oxygens (including phenoxy) is 2. The topological polar surface area (TPSA) is 51.7 Å². The molecule has 0 bridgehead atoms. The molecule has 2 saturated carbocycles. The van der Waals surface area contributed by atoms with Crippen LogP contribution in [0.1, 0.15) is 68.6 Å². The lowest BCUT2D eigenvalue weighted by molar-refractivity contribution is -0.0707. The van der Waals surface area contributed by atoms with Crippen LogP contribution in [-0.2, 0) is 4.74 Å². The predicted molar refractivity (Wildman–Crippen MR) is 99.3 cm³/mol. The number of pyridine rings is 1. The third kappa shape index (κ3) is 3.73. The fraction of sp³-hybridized carbons (Fsp3) is 0.714. The van der Waals surface area contributed by atoms with E-state index >= 15 is 0 Å². The van der Waals surface area contributed by atoms with E-state index in [2.05, 4.69) is 4.98 Å². The summed E-state index contributed by atoms with van der Waals surface area (Å²) in [4.78, 5) is 19.3. The van der Waals surface area contributed by atoms with Crippen LogP contribution in [-0.4, -0.2) is 47.7 Å². The van der Waals surface area contributed by atoms with Crippen molar-refractivity contribution in [1.82, 2.24) is 9.88 Å². The van der Waals surface area contributed by atoms with Crippen LogP contribution < -0.4 is 4.74 Å². The van der Waals surface area contributed by atoms with Crippen LogP contribution in [0.3, 0.4) is 0 Å². The first kappa shape index (κ1) is 17.8. The number of hydrogen-bond acceptors (Lipinski definition) is 4. The summed E-state index contributed by atoms with van der Waals surface area (Å²) in [5.74, 6) is 0.703. The largest absolute Gasteiger partial charge is 0.474 e. The lowest BCUT2D eigenvalue weighted by atomic mass is 9.66. The van der Waals surface area contributed by atoms with Crippen molar-refractivity contribution >= 4 is 5.91 Å². The predicted octanol–water partition coefficient (Wildman–Crippen LogP) is 3.82. The molecule has 1 aromatic heterocycles. The molecular formula is C21H30N2O3. The van der Waals surface area contributed by atoms with Gasteiger partial charge in [-0.25, -0.2) is 4.98 Å². The average molecular weight is 358 g/mol. The van der Waals surface area contributed by atoms with Crippen LogP contribution in [0.2, 0.25) is 0 Å². The molecule has 5 nitrogen and oxygen atoms in total. The zero-order chi connectivity index (χ0) is 18.0. The third-order valence-corrected chi connectivity index (χ3v) is 6.27. The van der Waals surface area contributed by atoms with Gasteiger partial charge in [0.05, 0.1) is 6.10 Å². The van der Waals surface area contributed by atoms with Gasteiger partial charge in [0.25, 0.3) is 5.91 Å². The second kappa shape index (κ2) is 7.55. The van der Waals surface area contributed by atoms with Crippen molar-refractivity contribution in [2.24, 2.45) is 5.41 Å². The molecular weight excluding hydrogens is 328 g/mol. The van der Waals surface area contributed by atoms with E-state index in [1.807, 2.05) is 24.0 Å². The molecule has 5 heteroatoms. The lowest BCUT2D eigenvalue weighted by Crippen LogP contribution is -2.45. The van der Waals surface area contributed by atoms with Gasteiger partial charge in [-0.15, -0.1) is 0 Å². The second-order valence-electron chi connectivity index (χ2n) is 8.22. The molecule has 1 aromatic rings. The molecule has 26 heavy (non-hydrogen) atoms. The minimum atomic E-state index is 0.109. The van der Waals surface area contributed by atoms with Gasteiger partial charge in [-0.3, -0.25) is 4.79 Å². The number of carbonyl (C=O) groups excluding carboxylic acids is 1. The van der Waals surface area contributed by atoms with Crippen LogP contribution in [0, 0.1) is 5.41 Å². The Balaban J connectivity index is 1.35. The van der Waals surface area contributed by atoms with Crippen LogP contribution >= 0.6 is 0 Å². The standard InChI is InChI=1S/C21H30N2O3/c1-2-25-18-13-21(14-18)9-11-23(15-21)20(24)16-8-10-22-19(12-16)26-17-6-4-3-5-7-17/h8,10,12,17-18H,2-7,9,11,13-15H2,1H3. The van der Waals surface area contributed by atoms with E-state index in [1.165, 1.54) is 19.3 Å². The fourth-order valence-electron chi connectivity index (χ4n) is 4.84. The van der Waals surface area contributed by atoms with Crippen molar-refractivity contribution in [2.75, 3.05) is 19.7 Å². The molecule has 0 aromatic carbocycles. The number of amides is 1. The first-order chi connectivity index (χ1) is 12.7. The van der Waals surface area contributed by atoms with Gasteiger partial charge in [0, 0.05) is 37.5 Å². The van der Waals surface area contributed by atoms with E-state index in [9.17, 15) is 4.79 Å². The Morgan fingerprint density at radius 1 is 1.27 bits per heavy atom. The molecule has 0 radical (unpaired) electrons. The highest BCUT2D eigenvalue weighted by Gasteiger charge is 2.49. The number of carbonyl (C=O) groups is 1. The molecule has 0 atom stereocenters. The van der Waals surface area contributed by atoms with Gasteiger partial charge < -0.3 is 14.4 Å². The molecule has 0 N–H and O–H groups in total. The number of aromatic nitrogens is 1. The Morgan fingerprint density at radius 2 is 2.08 bits per heavy atom. The van der Waals surface area contributed by atoms with Crippen molar-refractivity contribution in [3.05, 3.63) is 23.9 Å². The summed E-state index contributed by atoms with van der Waals surface area (Å²) in [5, 5.41) is 0. The lowest BCUT2D eigenvalue weighted by Gasteiger charge is -2.44. The fourth-order valence-corrected chi connectivity index (χ4v) is 4.84. The van der Waals surface area contributed by atoms with E-state index < -0.39 is 0 Å². The monoisotopic (exact) mass is 358 g/mol. The first-order valence-corrected chi connectivity index (χ1v) is 10.2. The molecule has 1 spiro atoms. The Bertz CT molecular complexity index is 636. The Kier molecular flexibility index (Phi) is 5.16. The van der Waals surface area contributed by atoms with E-state index in [1.54, 1.807) is 6.20 Å². The molecule has 2 aliphatic carbocycles. The Hall–Kier alpha value is -1.62. The summed E-state index contributed by atoms with van der Waals surface area (Å²) in [6, 6.07) is 3.64. The van der Waals surface area contributed by atoms with E-state index in [0.29, 0.717) is 23.0 Å². The third-order valence-electron chi connectivity index (χ3n) is 6.27. The molecule has 3 aliphatic rings. The Labute approximate surface area is 156 Å². The molecule has 142 valence electrons. The number of likely N-dealkylation sites (tertiary alicyclic amines) is 1. The van der Waals surface area contributed by atoms with Gasteiger partial charge in [-0.05, 0) is 63.4 Å². The highest BCUT2D eigenvalue weighted by Crippen LogP contribution is 2.49. The Morgan fingerprint density at radius 3 is 2.85 bits per heavy atom. The SMILES string of the molecule is CCOC1CC2(CCN(C(=O)c3ccnc(OC4CCCCC4)c3)C2)C1. The quantitative estimate of drug-likeness (QED) is 0.803. The van der Waals surface area contributed by atoms with Crippen molar-refractivity contribution < 1.29 is 14.3 Å². The van der Waals surface area contributed by atoms with Gasteiger partial charge in [0.1, 0.15) is 6.10 Å². The number of rotatable bonds is 5. The second-order valence-corrected chi connectivity index (χ2v) is 8.22. The van der Waals surface area contributed by atoms with E-state index in [0.717, 1.165) is 51.8 Å². The summed E-state index contributed by atoms with van der Waals surface area (Å²) in [6.07, 6.45) is 11.6. The molecule has 1 aliphatic heterocycles. The van der Waals surface area contributed by atoms with Crippen LogP contribution in [0.15, 0.2) is 18.3 Å². The molecule has 1 amide bonds. The smallest absolute Gasteiger partial charge is 0.254 e. The van der Waals surface area contributed by atoms with Gasteiger partial charge in [-0.2, -0.15) is 0 Å². The number of nitrogens with zero attached hydrogens (tertiary/aromatic N) is 2. The molecule has 3 fully saturated rings. The summed E-state index contributed by atoms with van der Waals surface area (Å²) in [7, 11) is 0. The molecule has 2 heterocycles. The van der Waals surface area contributed by atoms with Gasteiger partial charge in [-0.1, -0.05) is 6.42 Å². The summed E-state index contributed by atoms with van der Waals surface area (Å²) < 4.78 is 11.7.